The quantitative estimate of drug-likeness (QED) is 0.505. The molecule has 0 amide bonds. The minimum atomic E-state index is 0.555. The molecule has 0 saturated heterocycles. The first kappa shape index (κ1) is 15.8. The van der Waals surface area contributed by atoms with E-state index in [4.69, 9.17) is 10.5 Å². The van der Waals surface area contributed by atoms with Gasteiger partial charge in [0.15, 0.2) is 5.16 Å². The Morgan fingerprint density at radius 1 is 1.05 bits per heavy atom. The molecule has 0 spiro atoms. The van der Waals surface area contributed by atoms with E-state index in [1.165, 1.54) is 0 Å². The largest absolute Gasteiger partial charge is 0.493 e. The number of nitrogens with zero attached hydrogens (tertiary/aromatic N) is 2. The minimum Gasteiger partial charge on any atom is -0.493 e. The van der Waals surface area contributed by atoms with Gasteiger partial charge in [-0.1, -0.05) is 23.9 Å². The lowest BCUT2D eigenvalue weighted by Crippen LogP contribution is -2.03. The molecule has 1 heterocycles. The third kappa shape index (κ3) is 4.44. The number of aryl methyl sites for hydroxylation is 2. The van der Waals surface area contributed by atoms with Gasteiger partial charge in [-0.25, -0.2) is 9.97 Å². The van der Waals surface area contributed by atoms with Gasteiger partial charge in [-0.3, -0.25) is 0 Å². The maximum atomic E-state index is 5.69. The highest BCUT2D eigenvalue weighted by molar-refractivity contribution is 7.99. The number of hydrogen-bond donors (Lipinski definition) is 1. The van der Waals surface area contributed by atoms with Gasteiger partial charge in [0.2, 0.25) is 0 Å². The molecule has 21 heavy (non-hydrogen) atoms. The maximum Gasteiger partial charge on any atom is 0.188 e. The molecular formula is C16H21N3OS. The molecule has 0 aliphatic rings. The lowest BCUT2D eigenvalue weighted by atomic mass is 10.2. The molecule has 112 valence electrons. The van der Waals surface area contributed by atoms with Crippen LogP contribution in [0.25, 0.3) is 0 Å². The van der Waals surface area contributed by atoms with Crippen LogP contribution in [0.15, 0.2) is 29.4 Å². The Balaban J connectivity index is 1.81. The van der Waals surface area contributed by atoms with E-state index in [2.05, 4.69) is 9.97 Å². The maximum absolute atomic E-state index is 5.69. The molecule has 0 radical (unpaired) electrons. The van der Waals surface area contributed by atoms with Gasteiger partial charge in [-0.05, 0) is 44.0 Å². The predicted molar refractivity (Wildman–Crippen MR) is 86.8 cm³/mol. The average Bonchev–Trinajstić information content (AvgIpc) is 2.49. The third-order valence-electron chi connectivity index (χ3n) is 3.35. The second kappa shape index (κ2) is 7.43. The number of rotatable bonds is 6. The number of benzene rings is 1. The molecule has 4 nitrogen and oxygen atoms in total. The Hall–Kier alpha value is -1.59. The highest BCUT2D eigenvalue weighted by Gasteiger charge is 2.05. The summed E-state index contributed by atoms with van der Waals surface area (Å²) in [5.74, 6) is 1.69. The van der Waals surface area contributed by atoms with E-state index >= 15 is 0 Å². The van der Waals surface area contributed by atoms with E-state index in [1.807, 2.05) is 45.0 Å². The smallest absolute Gasteiger partial charge is 0.188 e. The molecule has 0 bridgehead atoms. The van der Waals surface area contributed by atoms with Crippen molar-refractivity contribution in [3.63, 3.8) is 0 Å². The van der Waals surface area contributed by atoms with Crippen molar-refractivity contribution in [1.29, 1.82) is 0 Å². The summed E-state index contributed by atoms with van der Waals surface area (Å²) in [5, 5.41) is 0.817. The number of nitrogens with two attached hydrogens (primary N) is 1. The zero-order chi connectivity index (χ0) is 15.2. The summed E-state index contributed by atoms with van der Waals surface area (Å²) in [7, 11) is 0. The van der Waals surface area contributed by atoms with Crippen molar-refractivity contribution >= 4 is 11.8 Å². The molecule has 0 fully saturated rings. The molecule has 2 aromatic rings. The lowest BCUT2D eigenvalue weighted by molar-refractivity contribution is 0.344. The summed E-state index contributed by atoms with van der Waals surface area (Å²) in [6.45, 7) is 7.27. The number of aromatic nitrogens is 2. The van der Waals surface area contributed by atoms with E-state index in [0.717, 1.165) is 39.2 Å². The summed E-state index contributed by atoms with van der Waals surface area (Å²) >= 11 is 1.62. The Labute approximate surface area is 130 Å². The fraction of sp³-hybridized carbons (Fsp3) is 0.375. The van der Waals surface area contributed by atoms with E-state index in [1.54, 1.807) is 11.8 Å². The van der Waals surface area contributed by atoms with Crippen LogP contribution in [0.3, 0.4) is 0 Å². The summed E-state index contributed by atoms with van der Waals surface area (Å²) in [6.07, 6.45) is 0. The number of hydrogen-bond acceptors (Lipinski definition) is 5. The fourth-order valence-electron chi connectivity index (χ4n) is 1.82. The van der Waals surface area contributed by atoms with Crippen LogP contribution in [-0.4, -0.2) is 22.3 Å². The van der Waals surface area contributed by atoms with Crippen LogP contribution in [0.2, 0.25) is 0 Å². The molecule has 2 rings (SSSR count). The van der Waals surface area contributed by atoms with Gasteiger partial charge < -0.3 is 10.5 Å². The molecule has 0 atom stereocenters. The van der Waals surface area contributed by atoms with Crippen molar-refractivity contribution in [1.82, 2.24) is 9.97 Å². The molecule has 0 aliphatic carbocycles. The van der Waals surface area contributed by atoms with E-state index in [9.17, 15) is 0 Å². The number of thioether (sulfide) groups is 1. The Morgan fingerprint density at radius 2 is 1.67 bits per heavy atom. The van der Waals surface area contributed by atoms with Gasteiger partial charge in [0, 0.05) is 23.7 Å². The van der Waals surface area contributed by atoms with E-state index in [-0.39, 0.29) is 0 Å². The van der Waals surface area contributed by atoms with Crippen LogP contribution in [0.4, 0.5) is 0 Å². The Kier molecular flexibility index (Phi) is 5.59. The van der Waals surface area contributed by atoms with Gasteiger partial charge in [-0.15, -0.1) is 0 Å². The molecular weight excluding hydrogens is 282 g/mol. The second-order valence-electron chi connectivity index (χ2n) is 4.85. The first-order valence-electron chi connectivity index (χ1n) is 6.96. The van der Waals surface area contributed by atoms with Crippen LogP contribution in [0.1, 0.15) is 22.5 Å². The first-order valence-corrected chi connectivity index (χ1v) is 7.95. The van der Waals surface area contributed by atoms with Gasteiger partial charge in [0.25, 0.3) is 0 Å². The molecule has 0 unspecified atom stereocenters. The SMILES string of the molecule is Cc1nc(SCCOc2ccc(CN)cc2)nc(C)c1C. The molecule has 2 N–H and O–H groups in total. The van der Waals surface area contributed by atoms with Gasteiger partial charge in [0.05, 0.1) is 6.61 Å². The zero-order valence-electron chi connectivity index (χ0n) is 12.7. The van der Waals surface area contributed by atoms with Crippen LogP contribution in [-0.2, 0) is 6.54 Å². The van der Waals surface area contributed by atoms with Crippen molar-refractivity contribution in [3.05, 3.63) is 46.8 Å². The lowest BCUT2D eigenvalue weighted by Gasteiger charge is -2.08. The summed E-state index contributed by atoms with van der Waals surface area (Å²) in [4.78, 5) is 8.97. The zero-order valence-corrected chi connectivity index (χ0v) is 13.5. The predicted octanol–water partition coefficient (Wildman–Crippen LogP) is 3.03. The fourth-order valence-corrected chi connectivity index (χ4v) is 2.57. The topological polar surface area (TPSA) is 61.0 Å². The van der Waals surface area contributed by atoms with Crippen LogP contribution in [0, 0.1) is 20.8 Å². The normalized spacial score (nSPS) is 10.7. The van der Waals surface area contributed by atoms with Crippen molar-refractivity contribution < 1.29 is 4.74 Å². The monoisotopic (exact) mass is 303 g/mol. The second-order valence-corrected chi connectivity index (χ2v) is 5.91. The third-order valence-corrected chi connectivity index (χ3v) is 4.17. The average molecular weight is 303 g/mol. The van der Waals surface area contributed by atoms with Gasteiger partial charge in [-0.2, -0.15) is 0 Å². The van der Waals surface area contributed by atoms with Gasteiger partial charge in [0.1, 0.15) is 5.75 Å². The summed E-state index contributed by atoms with van der Waals surface area (Å²) in [6, 6.07) is 7.86. The van der Waals surface area contributed by atoms with Gasteiger partial charge >= 0.3 is 0 Å². The Morgan fingerprint density at radius 3 is 2.24 bits per heavy atom. The molecule has 0 aliphatic heterocycles. The standard InChI is InChI=1S/C16H21N3OS/c1-11-12(2)18-16(19-13(11)3)21-9-8-20-15-6-4-14(10-17)5-7-15/h4-7H,8-10,17H2,1-3H3. The summed E-state index contributed by atoms with van der Waals surface area (Å²) < 4.78 is 5.69. The van der Waals surface area contributed by atoms with Crippen molar-refractivity contribution in [2.75, 3.05) is 12.4 Å². The first-order chi connectivity index (χ1) is 10.1. The highest BCUT2D eigenvalue weighted by Crippen LogP contribution is 2.18. The Bertz CT molecular complexity index is 576. The summed E-state index contributed by atoms with van der Waals surface area (Å²) in [5.41, 5.74) is 9.92. The molecule has 1 aromatic heterocycles. The van der Waals surface area contributed by atoms with Crippen molar-refractivity contribution in [3.8, 4) is 5.75 Å². The highest BCUT2D eigenvalue weighted by atomic mass is 32.2. The minimum absolute atomic E-state index is 0.555. The number of ether oxygens (including phenoxy) is 1. The van der Waals surface area contributed by atoms with Crippen LogP contribution < -0.4 is 10.5 Å². The van der Waals surface area contributed by atoms with Crippen molar-refractivity contribution in [2.24, 2.45) is 5.73 Å². The van der Waals surface area contributed by atoms with Crippen molar-refractivity contribution in [2.45, 2.75) is 32.5 Å². The molecule has 5 heteroatoms. The van der Waals surface area contributed by atoms with E-state index in [0.29, 0.717) is 13.2 Å². The van der Waals surface area contributed by atoms with Crippen LogP contribution in [0.5, 0.6) is 5.75 Å². The molecule has 0 saturated carbocycles. The van der Waals surface area contributed by atoms with E-state index < -0.39 is 0 Å². The molecule has 1 aromatic carbocycles. The van der Waals surface area contributed by atoms with Crippen LogP contribution >= 0.6 is 11.8 Å².